The fraction of sp³-hybridized carbons (Fsp3) is 0.467. The molecule has 1 saturated heterocycles. The predicted molar refractivity (Wildman–Crippen MR) is 84.7 cm³/mol. The van der Waals surface area contributed by atoms with E-state index in [-0.39, 0.29) is 0 Å². The Morgan fingerprint density at radius 2 is 1.95 bits per heavy atom. The Balaban J connectivity index is 1.99. The van der Waals surface area contributed by atoms with Crippen LogP contribution in [0.5, 0.6) is 0 Å². The van der Waals surface area contributed by atoms with Crippen LogP contribution in [0.3, 0.4) is 0 Å². The number of halogens is 2. The Labute approximate surface area is 128 Å². The van der Waals surface area contributed by atoms with E-state index in [0.29, 0.717) is 0 Å². The summed E-state index contributed by atoms with van der Waals surface area (Å²) < 4.78 is 1.03. The van der Waals surface area contributed by atoms with Gasteiger partial charge >= 0.3 is 0 Å². The molecule has 0 N–H and O–H groups in total. The number of nitrogens with zero attached hydrogens (tertiary/aromatic N) is 2. The topological polar surface area (TPSA) is 6.48 Å². The first-order chi connectivity index (χ1) is 9.08. The molecule has 1 aromatic carbocycles. The molecule has 1 aromatic rings. The monoisotopic (exact) mass is 340 g/mol. The van der Waals surface area contributed by atoms with Crippen LogP contribution in [-0.2, 0) is 0 Å². The lowest BCUT2D eigenvalue weighted by molar-refractivity contribution is 0.168. The van der Waals surface area contributed by atoms with Gasteiger partial charge < -0.3 is 4.90 Å². The van der Waals surface area contributed by atoms with Gasteiger partial charge in [0.1, 0.15) is 0 Å². The van der Waals surface area contributed by atoms with E-state index < -0.39 is 0 Å². The highest BCUT2D eigenvalue weighted by molar-refractivity contribution is 9.10. The van der Waals surface area contributed by atoms with E-state index in [1.165, 1.54) is 0 Å². The molecule has 0 radical (unpaired) electrons. The summed E-state index contributed by atoms with van der Waals surface area (Å²) in [6, 6.07) is 3.97. The maximum atomic E-state index is 6.29. The van der Waals surface area contributed by atoms with E-state index >= 15 is 0 Å². The first-order valence-electron chi connectivity index (χ1n) is 6.42. The summed E-state index contributed by atoms with van der Waals surface area (Å²) in [5.74, 6) is 6.41. The summed E-state index contributed by atoms with van der Waals surface area (Å²) in [5, 5.41) is 0.750. The molecular formula is C15H18BrClN2. The maximum Gasteiger partial charge on any atom is 0.0606 e. The predicted octanol–water partition coefficient (Wildman–Crippen LogP) is 3.01. The molecule has 102 valence electrons. The molecule has 0 aliphatic carbocycles. The van der Waals surface area contributed by atoms with Crippen LogP contribution >= 0.6 is 27.5 Å². The van der Waals surface area contributed by atoms with E-state index in [2.05, 4.69) is 44.6 Å². The summed E-state index contributed by atoms with van der Waals surface area (Å²) in [7, 11) is 2.16. The molecule has 1 aliphatic heterocycles. The molecular weight excluding hydrogens is 324 g/mol. The van der Waals surface area contributed by atoms with Crippen LogP contribution in [0.4, 0.5) is 0 Å². The Morgan fingerprint density at radius 3 is 2.63 bits per heavy atom. The lowest BCUT2D eigenvalue weighted by Crippen LogP contribution is -2.44. The van der Waals surface area contributed by atoms with Crippen molar-refractivity contribution in [2.45, 2.75) is 6.92 Å². The molecule has 2 rings (SSSR count). The summed E-state index contributed by atoms with van der Waals surface area (Å²) >= 11 is 9.76. The third-order valence-corrected chi connectivity index (χ3v) is 4.79. The fourth-order valence-electron chi connectivity index (χ4n) is 2.01. The van der Waals surface area contributed by atoms with Crippen molar-refractivity contribution in [1.82, 2.24) is 9.80 Å². The number of rotatable bonds is 1. The van der Waals surface area contributed by atoms with Crippen molar-refractivity contribution in [2.24, 2.45) is 0 Å². The largest absolute Gasteiger partial charge is 0.304 e. The van der Waals surface area contributed by atoms with E-state index in [1.807, 2.05) is 19.1 Å². The molecule has 4 heteroatoms. The Kier molecular flexibility index (Phi) is 5.29. The van der Waals surface area contributed by atoms with Crippen molar-refractivity contribution in [3.05, 3.63) is 32.8 Å². The van der Waals surface area contributed by atoms with Crippen LogP contribution in [0.1, 0.15) is 11.1 Å². The number of hydrogen-bond donors (Lipinski definition) is 0. The summed E-state index contributed by atoms with van der Waals surface area (Å²) in [4.78, 5) is 4.73. The van der Waals surface area contributed by atoms with Crippen molar-refractivity contribution in [1.29, 1.82) is 0 Å². The summed E-state index contributed by atoms with van der Waals surface area (Å²) in [6.45, 7) is 7.26. The first kappa shape index (κ1) is 14.9. The molecule has 1 fully saturated rings. The van der Waals surface area contributed by atoms with Gasteiger partial charge in [-0.15, -0.1) is 0 Å². The second-order valence-electron chi connectivity index (χ2n) is 4.92. The summed E-state index contributed by atoms with van der Waals surface area (Å²) in [5.41, 5.74) is 1.96. The van der Waals surface area contributed by atoms with Crippen molar-refractivity contribution < 1.29 is 0 Å². The zero-order valence-corrected chi connectivity index (χ0v) is 13.7. The van der Waals surface area contributed by atoms with Crippen molar-refractivity contribution >= 4 is 27.5 Å². The maximum absolute atomic E-state index is 6.29. The van der Waals surface area contributed by atoms with Gasteiger partial charge in [0.2, 0.25) is 0 Å². The molecule has 0 atom stereocenters. The fourth-order valence-corrected chi connectivity index (χ4v) is 2.67. The van der Waals surface area contributed by atoms with Gasteiger partial charge in [-0.05, 0) is 31.7 Å². The van der Waals surface area contributed by atoms with Gasteiger partial charge in [-0.2, -0.15) is 0 Å². The lowest BCUT2D eigenvalue weighted by Gasteiger charge is -2.30. The molecule has 1 heterocycles. The zero-order chi connectivity index (χ0) is 13.8. The highest BCUT2D eigenvalue weighted by Crippen LogP contribution is 2.26. The average Bonchev–Trinajstić information content (AvgIpc) is 2.41. The van der Waals surface area contributed by atoms with Gasteiger partial charge in [0.25, 0.3) is 0 Å². The van der Waals surface area contributed by atoms with E-state index in [1.54, 1.807) is 0 Å². The van der Waals surface area contributed by atoms with E-state index in [0.717, 1.165) is 53.3 Å². The first-order valence-corrected chi connectivity index (χ1v) is 7.59. The smallest absolute Gasteiger partial charge is 0.0606 e. The van der Waals surface area contributed by atoms with Crippen molar-refractivity contribution in [3.63, 3.8) is 0 Å². The average molecular weight is 342 g/mol. The highest BCUT2D eigenvalue weighted by Gasteiger charge is 2.11. The quantitative estimate of drug-likeness (QED) is 0.725. The van der Waals surface area contributed by atoms with Gasteiger partial charge in [0.15, 0.2) is 0 Å². The third-order valence-electron chi connectivity index (χ3n) is 3.44. The third kappa shape index (κ3) is 3.97. The van der Waals surface area contributed by atoms with Crippen LogP contribution in [0.2, 0.25) is 5.02 Å². The second kappa shape index (κ2) is 6.76. The Bertz CT molecular complexity index is 511. The molecule has 2 nitrogen and oxygen atoms in total. The minimum absolute atomic E-state index is 0.750. The normalized spacial score (nSPS) is 17.1. The Hall–Kier alpha value is -0.530. The number of hydrogen-bond acceptors (Lipinski definition) is 2. The zero-order valence-electron chi connectivity index (χ0n) is 11.3. The highest BCUT2D eigenvalue weighted by atomic mass is 79.9. The molecule has 0 unspecified atom stereocenters. The van der Waals surface area contributed by atoms with Gasteiger partial charge in [-0.3, -0.25) is 4.90 Å². The number of benzene rings is 1. The van der Waals surface area contributed by atoms with Gasteiger partial charge in [-0.25, -0.2) is 0 Å². The van der Waals surface area contributed by atoms with Crippen LogP contribution < -0.4 is 0 Å². The standard InChI is InChI=1S/C15H18BrClN2/c1-12-14(16)6-5-13(15(12)17)4-3-7-19-10-8-18(2)9-11-19/h5-6H,7-11H2,1-2H3. The van der Waals surface area contributed by atoms with Gasteiger partial charge in [0, 0.05) is 36.2 Å². The van der Waals surface area contributed by atoms with E-state index in [9.17, 15) is 0 Å². The number of piperazine rings is 1. The summed E-state index contributed by atoms with van der Waals surface area (Å²) in [6.07, 6.45) is 0. The van der Waals surface area contributed by atoms with Crippen LogP contribution in [0.25, 0.3) is 0 Å². The SMILES string of the molecule is Cc1c(Br)ccc(C#CCN2CCN(C)CC2)c1Cl. The molecule has 0 bridgehead atoms. The molecule has 1 aliphatic rings. The molecule has 0 saturated carbocycles. The van der Waals surface area contributed by atoms with Gasteiger partial charge in [-0.1, -0.05) is 39.4 Å². The van der Waals surface area contributed by atoms with E-state index in [4.69, 9.17) is 11.6 Å². The molecule has 19 heavy (non-hydrogen) atoms. The molecule has 0 spiro atoms. The van der Waals surface area contributed by atoms with Crippen molar-refractivity contribution in [2.75, 3.05) is 39.8 Å². The lowest BCUT2D eigenvalue weighted by atomic mass is 10.1. The minimum Gasteiger partial charge on any atom is -0.304 e. The van der Waals surface area contributed by atoms with Crippen LogP contribution in [0.15, 0.2) is 16.6 Å². The second-order valence-corrected chi connectivity index (χ2v) is 6.15. The number of likely N-dealkylation sites (N-methyl/N-ethyl adjacent to an activating group) is 1. The van der Waals surface area contributed by atoms with Crippen LogP contribution in [-0.4, -0.2) is 49.6 Å². The molecule has 0 amide bonds. The van der Waals surface area contributed by atoms with Gasteiger partial charge in [0.05, 0.1) is 11.6 Å². The van der Waals surface area contributed by atoms with Crippen molar-refractivity contribution in [3.8, 4) is 11.8 Å². The van der Waals surface area contributed by atoms with Crippen LogP contribution in [0, 0.1) is 18.8 Å². The Morgan fingerprint density at radius 1 is 1.26 bits per heavy atom. The minimum atomic E-state index is 0.750. The molecule has 0 aromatic heterocycles.